The molecule has 3 aliphatic rings. The van der Waals surface area contributed by atoms with E-state index in [1.54, 1.807) is 0 Å². The number of carbonyl (C=O) groups is 1. The lowest BCUT2D eigenvalue weighted by atomic mass is 9.98. The van der Waals surface area contributed by atoms with Crippen molar-refractivity contribution >= 4 is 5.97 Å². The topological polar surface area (TPSA) is 61.8 Å². The molecule has 5 heteroatoms. The molecule has 18 heavy (non-hydrogen) atoms. The Morgan fingerprint density at radius 1 is 1.44 bits per heavy atom. The first-order valence-corrected chi connectivity index (χ1v) is 7.04. The van der Waals surface area contributed by atoms with Gasteiger partial charge in [-0.1, -0.05) is 0 Å². The van der Waals surface area contributed by atoms with Gasteiger partial charge in [0.1, 0.15) is 5.54 Å². The van der Waals surface area contributed by atoms with Gasteiger partial charge in [-0.05, 0) is 32.1 Å². The van der Waals surface area contributed by atoms with Crippen LogP contribution in [0.1, 0.15) is 32.1 Å². The second-order valence-corrected chi connectivity index (χ2v) is 5.85. The molecular weight excluding hydrogens is 232 g/mol. The number of carboxylic acid groups (broad SMARTS) is 1. The summed E-state index contributed by atoms with van der Waals surface area (Å²) in [5.41, 5.74) is -0.742. The molecule has 2 aliphatic heterocycles. The number of likely N-dealkylation sites (tertiary alicyclic amines) is 1. The van der Waals surface area contributed by atoms with Crippen LogP contribution in [-0.4, -0.2) is 59.9 Å². The lowest BCUT2D eigenvalue weighted by molar-refractivity contribution is -0.144. The van der Waals surface area contributed by atoms with Crippen molar-refractivity contribution in [3.63, 3.8) is 0 Å². The van der Waals surface area contributed by atoms with Crippen LogP contribution in [0.4, 0.5) is 0 Å². The van der Waals surface area contributed by atoms with Gasteiger partial charge in [-0.15, -0.1) is 0 Å². The fourth-order valence-corrected chi connectivity index (χ4v) is 3.10. The Labute approximate surface area is 107 Å². The van der Waals surface area contributed by atoms with Crippen molar-refractivity contribution in [1.82, 2.24) is 10.2 Å². The summed E-state index contributed by atoms with van der Waals surface area (Å²) in [6.07, 6.45) is 5.54. The average Bonchev–Trinajstić information content (AvgIpc) is 2.92. The van der Waals surface area contributed by atoms with Crippen molar-refractivity contribution < 1.29 is 14.6 Å². The zero-order valence-corrected chi connectivity index (χ0v) is 10.7. The van der Waals surface area contributed by atoms with E-state index in [0.29, 0.717) is 25.6 Å². The first-order chi connectivity index (χ1) is 8.70. The minimum Gasteiger partial charge on any atom is -0.480 e. The SMILES string of the molecule is O=C(O)C1(NCC2CCCO2)CCN(C2CC2)C1. The van der Waals surface area contributed by atoms with Gasteiger partial charge in [0.2, 0.25) is 0 Å². The molecule has 2 N–H and O–H groups in total. The summed E-state index contributed by atoms with van der Waals surface area (Å²) in [5, 5.41) is 12.8. The van der Waals surface area contributed by atoms with Gasteiger partial charge in [0, 0.05) is 32.3 Å². The molecule has 1 aliphatic carbocycles. The predicted molar refractivity (Wildman–Crippen MR) is 66.6 cm³/mol. The number of nitrogens with zero attached hydrogens (tertiary/aromatic N) is 1. The van der Waals surface area contributed by atoms with Gasteiger partial charge in [-0.3, -0.25) is 15.0 Å². The van der Waals surface area contributed by atoms with E-state index < -0.39 is 11.5 Å². The fraction of sp³-hybridized carbons (Fsp3) is 0.923. The highest BCUT2D eigenvalue weighted by Gasteiger charge is 2.48. The highest BCUT2D eigenvalue weighted by Crippen LogP contribution is 2.33. The molecule has 0 radical (unpaired) electrons. The van der Waals surface area contributed by atoms with E-state index in [9.17, 15) is 9.90 Å². The van der Waals surface area contributed by atoms with Crippen LogP contribution in [0.5, 0.6) is 0 Å². The number of nitrogens with one attached hydrogen (secondary N) is 1. The monoisotopic (exact) mass is 254 g/mol. The van der Waals surface area contributed by atoms with E-state index >= 15 is 0 Å². The molecule has 0 aromatic carbocycles. The molecule has 3 rings (SSSR count). The molecule has 1 saturated carbocycles. The number of aliphatic carboxylic acids is 1. The maximum atomic E-state index is 11.6. The van der Waals surface area contributed by atoms with E-state index in [0.717, 1.165) is 26.0 Å². The van der Waals surface area contributed by atoms with Gasteiger partial charge >= 0.3 is 5.97 Å². The molecule has 2 unspecified atom stereocenters. The summed E-state index contributed by atoms with van der Waals surface area (Å²) < 4.78 is 5.56. The number of ether oxygens (including phenoxy) is 1. The Hall–Kier alpha value is -0.650. The second-order valence-electron chi connectivity index (χ2n) is 5.85. The summed E-state index contributed by atoms with van der Waals surface area (Å²) in [5.74, 6) is -0.705. The quantitative estimate of drug-likeness (QED) is 0.746. The summed E-state index contributed by atoms with van der Waals surface area (Å²) >= 11 is 0. The molecule has 0 bridgehead atoms. The first kappa shape index (κ1) is 12.4. The van der Waals surface area contributed by atoms with E-state index in [-0.39, 0.29) is 6.10 Å². The molecule has 102 valence electrons. The first-order valence-electron chi connectivity index (χ1n) is 7.04. The largest absolute Gasteiger partial charge is 0.480 e. The van der Waals surface area contributed by atoms with Gasteiger partial charge in [0.15, 0.2) is 0 Å². The Kier molecular flexibility index (Phi) is 3.30. The maximum Gasteiger partial charge on any atom is 0.325 e. The highest BCUT2D eigenvalue weighted by atomic mass is 16.5. The van der Waals surface area contributed by atoms with E-state index in [4.69, 9.17) is 4.74 Å². The van der Waals surface area contributed by atoms with E-state index in [1.807, 2.05) is 0 Å². The van der Waals surface area contributed by atoms with Crippen LogP contribution in [-0.2, 0) is 9.53 Å². The predicted octanol–water partition coefficient (Wildman–Crippen LogP) is 0.446. The third-order valence-electron chi connectivity index (χ3n) is 4.46. The van der Waals surface area contributed by atoms with Crippen LogP contribution >= 0.6 is 0 Å². The molecular formula is C13H22N2O3. The fourth-order valence-electron chi connectivity index (χ4n) is 3.10. The van der Waals surface area contributed by atoms with Gasteiger partial charge < -0.3 is 9.84 Å². The Morgan fingerprint density at radius 2 is 2.28 bits per heavy atom. The maximum absolute atomic E-state index is 11.6. The van der Waals surface area contributed by atoms with E-state index in [1.165, 1.54) is 12.8 Å². The summed E-state index contributed by atoms with van der Waals surface area (Å²) in [4.78, 5) is 13.9. The van der Waals surface area contributed by atoms with Crippen LogP contribution in [0.15, 0.2) is 0 Å². The zero-order chi connectivity index (χ0) is 12.6. The smallest absolute Gasteiger partial charge is 0.325 e. The molecule has 0 aromatic heterocycles. The zero-order valence-electron chi connectivity index (χ0n) is 10.7. The van der Waals surface area contributed by atoms with Crippen molar-refractivity contribution in [3.05, 3.63) is 0 Å². The molecule has 2 heterocycles. The number of hydrogen-bond acceptors (Lipinski definition) is 4. The minimum absolute atomic E-state index is 0.205. The normalized spacial score (nSPS) is 37.2. The molecule has 3 fully saturated rings. The average molecular weight is 254 g/mol. The molecule has 0 amide bonds. The minimum atomic E-state index is -0.742. The van der Waals surface area contributed by atoms with Crippen molar-refractivity contribution in [3.8, 4) is 0 Å². The number of hydrogen-bond donors (Lipinski definition) is 2. The molecule has 5 nitrogen and oxygen atoms in total. The summed E-state index contributed by atoms with van der Waals surface area (Å²) in [7, 11) is 0. The van der Waals surface area contributed by atoms with Gasteiger partial charge in [0.25, 0.3) is 0 Å². The Bertz CT molecular complexity index is 326. The molecule has 0 spiro atoms. The number of rotatable bonds is 5. The lowest BCUT2D eigenvalue weighted by Gasteiger charge is -2.27. The molecule has 2 atom stereocenters. The van der Waals surface area contributed by atoms with Gasteiger partial charge in [-0.25, -0.2) is 0 Å². The van der Waals surface area contributed by atoms with Crippen molar-refractivity contribution in [1.29, 1.82) is 0 Å². The summed E-state index contributed by atoms with van der Waals surface area (Å²) in [6, 6.07) is 0.649. The summed E-state index contributed by atoms with van der Waals surface area (Å²) in [6.45, 7) is 3.06. The van der Waals surface area contributed by atoms with Crippen LogP contribution in [0.3, 0.4) is 0 Å². The van der Waals surface area contributed by atoms with Crippen molar-refractivity contribution in [2.45, 2.75) is 49.8 Å². The van der Waals surface area contributed by atoms with E-state index in [2.05, 4.69) is 10.2 Å². The van der Waals surface area contributed by atoms with Crippen LogP contribution < -0.4 is 5.32 Å². The Balaban J connectivity index is 1.58. The van der Waals surface area contributed by atoms with Crippen LogP contribution in [0.2, 0.25) is 0 Å². The number of carboxylic acids is 1. The highest BCUT2D eigenvalue weighted by molar-refractivity contribution is 5.79. The lowest BCUT2D eigenvalue weighted by Crippen LogP contribution is -2.56. The molecule has 0 aromatic rings. The molecule has 2 saturated heterocycles. The van der Waals surface area contributed by atoms with Crippen molar-refractivity contribution in [2.75, 3.05) is 26.2 Å². The standard InChI is InChI=1S/C13H22N2O3/c16-12(17)13(14-8-11-2-1-7-18-11)5-6-15(9-13)10-3-4-10/h10-11,14H,1-9H2,(H,16,17). The van der Waals surface area contributed by atoms with Gasteiger partial charge in [-0.2, -0.15) is 0 Å². The second kappa shape index (κ2) is 4.79. The Morgan fingerprint density at radius 3 is 2.89 bits per heavy atom. The van der Waals surface area contributed by atoms with Crippen LogP contribution in [0, 0.1) is 0 Å². The van der Waals surface area contributed by atoms with Crippen LogP contribution in [0.25, 0.3) is 0 Å². The third-order valence-corrected chi connectivity index (χ3v) is 4.46. The van der Waals surface area contributed by atoms with Gasteiger partial charge in [0.05, 0.1) is 6.10 Å². The van der Waals surface area contributed by atoms with Crippen molar-refractivity contribution in [2.24, 2.45) is 0 Å². The third kappa shape index (κ3) is 2.39.